The lowest BCUT2D eigenvalue weighted by atomic mass is 9.94. The number of rotatable bonds is 8. The third-order valence-corrected chi connectivity index (χ3v) is 3.46. The zero-order valence-corrected chi connectivity index (χ0v) is 14.0. The molecule has 114 valence electrons. The molecule has 0 heterocycles. The Kier molecular flexibility index (Phi) is 7.25. The highest BCUT2D eigenvalue weighted by molar-refractivity contribution is 5.39. The molecule has 1 unspecified atom stereocenters. The minimum absolute atomic E-state index is 0.300. The van der Waals surface area contributed by atoms with Gasteiger partial charge in [0.2, 0.25) is 0 Å². The molecule has 0 aliphatic heterocycles. The highest BCUT2D eigenvalue weighted by atomic mass is 16.5. The maximum atomic E-state index is 5.89. The van der Waals surface area contributed by atoms with E-state index in [0.717, 1.165) is 26.2 Å². The Hall–Kier alpha value is -0.860. The van der Waals surface area contributed by atoms with Crippen LogP contribution in [0.25, 0.3) is 0 Å². The van der Waals surface area contributed by atoms with E-state index in [1.807, 2.05) is 0 Å². The molecule has 0 aromatic heterocycles. The molecule has 1 aromatic rings. The standard InChI is InChI=1S/C18H31NO/c1-7-8-19-17(12-20-11-13(2)3)18-15(5)9-14(4)10-16(18)6/h9-10,13,17,19H,7-8,11-12H2,1-6H3. The molecule has 0 bridgehead atoms. The van der Waals surface area contributed by atoms with Crippen LogP contribution in [0, 0.1) is 26.7 Å². The van der Waals surface area contributed by atoms with E-state index in [9.17, 15) is 0 Å². The Morgan fingerprint density at radius 1 is 1.05 bits per heavy atom. The molecule has 2 heteroatoms. The maximum Gasteiger partial charge on any atom is 0.0661 e. The normalized spacial score (nSPS) is 12.9. The van der Waals surface area contributed by atoms with Crippen molar-refractivity contribution in [2.45, 2.75) is 54.0 Å². The first-order chi connectivity index (χ1) is 9.45. The molecular weight excluding hydrogens is 246 g/mol. The molecule has 0 aliphatic carbocycles. The van der Waals surface area contributed by atoms with E-state index in [1.54, 1.807) is 0 Å². The van der Waals surface area contributed by atoms with Crippen LogP contribution in [0.4, 0.5) is 0 Å². The van der Waals surface area contributed by atoms with Gasteiger partial charge in [-0.25, -0.2) is 0 Å². The molecule has 0 saturated heterocycles. The molecule has 1 aromatic carbocycles. The van der Waals surface area contributed by atoms with Crippen molar-refractivity contribution in [3.8, 4) is 0 Å². The first-order valence-corrected chi connectivity index (χ1v) is 7.84. The highest BCUT2D eigenvalue weighted by Crippen LogP contribution is 2.24. The molecular formula is C18H31NO. The summed E-state index contributed by atoms with van der Waals surface area (Å²) in [6.07, 6.45) is 1.14. The third kappa shape index (κ3) is 5.26. The Morgan fingerprint density at radius 2 is 1.65 bits per heavy atom. The van der Waals surface area contributed by atoms with Crippen molar-refractivity contribution in [2.75, 3.05) is 19.8 Å². The lowest BCUT2D eigenvalue weighted by Crippen LogP contribution is -2.28. The molecule has 2 nitrogen and oxygen atoms in total. The molecule has 20 heavy (non-hydrogen) atoms. The predicted molar refractivity (Wildman–Crippen MR) is 87.3 cm³/mol. The van der Waals surface area contributed by atoms with Gasteiger partial charge in [-0.1, -0.05) is 38.5 Å². The van der Waals surface area contributed by atoms with Gasteiger partial charge in [0, 0.05) is 6.61 Å². The van der Waals surface area contributed by atoms with Gasteiger partial charge < -0.3 is 10.1 Å². The van der Waals surface area contributed by atoms with Gasteiger partial charge in [-0.2, -0.15) is 0 Å². The first-order valence-electron chi connectivity index (χ1n) is 7.84. The van der Waals surface area contributed by atoms with Gasteiger partial charge in [0.15, 0.2) is 0 Å². The van der Waals surface area contributed by atoms with Crippen molar-refractivity contribution >= 4 is 0 Å². The Bertz CT molecular complexity index is 389. The zero-order valence-electron chi connectivity index (χ0n) is 14.0. The summed E-state index contributed by atoms with van der Waals surface area (Å²) in [6, 6.07) is 4.84. The number of hydrogen-bond donors (Lipinski definition) is 1. The van der Waals surface area contributed by atoms with E-state index >= 15 is 0 Å². The summed E-state index contributed by atoms with van der Waals surface area (Å²) in [5, 5.41) is 3.64. The second-order valence-corrected chi connectivity index (χ2v) is 6.25. The molecule has 0 fully saturated rings. The van der Waals surface area contributed by atoms with E-state index in [2.05, 4.69) is 59.0 Å². The number of nitrogens with one attached hydrogen (secondary N) is 1. The van der Waals surface area contributed by atoms with Crippen molar-refractivity contribution in [1.29, 1.82) is 0 Å². The Labute approximate surface area is 124 Å². The molecule has 1 rings (SSSR count). The lowest BCUT2D eigenvalue weighted by molar-refractivity contribution is 0.0899. The Balaban J connectivity index is 2.86. The van der Waals surface area contributed by atoms with Crippen LogP contribution in [-0.2, 0) is 4.74 Å². The van der Waals surface area contributed by atoms with Crippen molar-refractivity contribution in [1.82, 2.24) is 5.32 Å². The molecule has 0 saturated carbocycles. The van der Waals surface area contributed by atoms with Gasteiger partial charge in [-0.15, -0.1) is 0 Å². The van der Waals surface area contributed by atoms with Crippen molar-refractivity contribution in [3.05, 3.63) is 34.4 Å². The van der Waals surface area contributed by atoms with E-state index in [-0.39, 0.29) is 0 Å². The summed E-state index contributed by atoms with van der Waals surface area (Å²) in [5.41, 5.74) is 5.47. The molecule has 1 atom stereocenters. The minimum atomic E-state index is 0.300. The van der Waals surface area contributed by atoms with Crippen LogP contribution < -0.4 is 5.32 Å². The van der Waals surface area contributed by atoms with Crippen LogP contribution in [-0.4, -0.2) is 19.8 Å². The number of hydrogen-bond acceptors (Lipinski definition) is 2. The average Bonchev–Trinajstić information content (AvgIpc) is 2.33. The van der Waals surface area contributed by atoms with E-state index in [4.69, 9.17) is 4.74 Å². The van der Waals surface area contributed by atoms with Crippen LogP contribution in [0.1, 0.15) is 55.5 Å². The molecule has 0 spiro atoms. The smallest absolute Gasteiger partial charge is 0.0661 e. The maximum absolute atomic E-state index is 5.89. The Morgan fingerprint density at radius 3 is 2.15 bits per heavy atom. The van der Waals surface area contributed by atoms with Crippen LogP contribution >= 0.6 is 0 Å². The molecule has 0 aliphatic rings. The predicted octanol–water partition coefficient (Wildman–Crippen LogP) is 4.33. The second kappa shape index (κ2) is 8.43. The number of aryl methyl sites for hydroxylation is 3. The van der Waals surface area contributed by atoms with Gasteiger partial charge >= 0.3 is 0 Å². The van der Waals surface area contributed by atoms with E-state index in [0.29, 0.717) is 12.0 Å². The first kappa shape index (κ1) is 17.2. The summed E-state index contributed by atoms with van der Waals surface area (Å²) < 4.78 is 5.89. The molecule has 0 radical (unpaired) electrons. The van der Waals surface area contributed by atoms with Crippen LogP contribution in [0.5, 0.6) is 0 Å². The molecule has 0 amide bonds. The van der Waals surface area contributed by atoms with Crippen LogP contribution in [0.15, 0.2) is 12.1 Å². The number of ether oxygens (including phenoxy) is 1. The monoisotopic (exact) mass is 277 g/mol. The van der Waals surface area contributed by atoms with Crippen molar-refractivity contribution < 1.29 is 4.74 Å². The molecule has 1 N–H and O–H groups in total. The van der Waals surface area contributed by atoms with E-state index < -0.39 is 0 Å². The van der Waals surface area contributed by atoms with Gasteiger partial charge in [-0.3, -0.25) is 0 Å². The lowest BCUT2D eigenvalue weighted by Gasteiger charge is -2.24. The SMILES string of the molecule is CCCNC(COCC(C)C)c1c(C)cc(C)cc1C. The topological polar surface area (TPSA) is 21.3 Å². The largest absolute Gasteiger partial charge is 0.379 e. The summed E-state index contributed by atoms with van der Waals surface area (Å²) in [6.45, 7) is 15.8. The summed E-state index contributed by atoms with van der Waals surface area (Å²) >= 11 is 0. The van der Waals surface area contributed by atoms with Crippen LogP contribution in [0.2, 0.25) is 0 Å². The van der Waals surface area contributed by atoms with Crippen molar-refractivity contribution in [3.63, 3.8) is 0 Å². The fourth-order valence-electron chi connectivity index (χ4n) is 2.73. The van der Waals surface area contributed by atoms with Crippen molar-refractivity contribution in [2.24, 2.45) is 5.92 Å². The van der Waals surface area contributed by atoms with Gasteiger partial charge in [0.05, 0.1) is 12.6 Å². The van der Waals surface area contributed by atoms with Crippen LogP contribution in [0.3, 0.4) is 0 Å². The average molecular weight is 277 g/mol. The fraction of sp³-hybridized carbons (Fsp3) is 0.667. The summed E-state index contributed by atoms with van der Waals surface area (Å²) in [5.74, 6) is 0.585. The van der Waals surface area contributed by atoms with Gasteiger partial charge in [0.25, 0.3) is 0 Å². The van der Waals surface area contributed by atoms with Gasteiger partial charge in [-0.05, 0) is 56.3 Å². The summed E-state index contributed by atoms with van der Waals surface area (Å²) in [7, 11) is 0. The highest BCUT2D eigenvalue weighted by Gasteiger charge is 2.16. The number of benzene rings is 1. The third-order valence-electron chi connectivity index (χ3n) is 3.46. The zero-order chi connectivity index (χ0) is 15.1. The second-order valence-electron chi connectivity index (χ2n) is 6.25. The fourth-order valence-corrected chi connectivity index (χ4v) is 2.73. The van der Waals surface area contributed by atoms with E-state index in [1.165, 1.54) is 22.3 Å². The minimum Gasteiger partial charge on any atom is -0.379 e. The summed E-state index contributed by atoms with van der Waals surface area (Å²) in [4.78, 5) is 0. The quantitative estimate of drug-likeness (QED) is 0.764. The van der Waals surface area contributed by atoms with Gasteiger partial charge in [0.1, 0.15) is 0 Å².